The Morgan fingerprint density at radius 1 is 0.850 bits per heavy atom. The monoisotopic (exact) mass is 274 g/mol. The van der Waals surface area contributed by atoms with E-state index in [1.54, 1.807) is 6.92 Å². The molecule has 1 aromatic carbocycles. The largest absolute Gasteiger partial charge is 0.463 e. The lowest BCUT2D eigenvalue weighted by atomic mass is 9.87. The predicted molar refractivity (Wildman–Crippen MR) is 80.2 cm³/mol. The van der Waals surface area contributed by atoms with Crippen LogP contribution in [0.5, 0.6) is 0 Å². The molecule has 0 heterocycles. The molecule has 3 nitrogen and oxygen atoms in total. The minimum absolute atomic E-state index is 0.153. The smallest absolute Gasteiger partial charge is 0.330 e. The first-order chi connectivity index (χ1) is 9.31. The summed E-state index contributed by atoms with van der Waals surface area (Å²) in [7, 11) is 0. The van der Waals surface area contributed by atoms with Crippen LogP contribution in [0.1, 0.15) is 45.1 Å². The molecule has 20 heavy (non-hydrogen) atoms. The number of carbonyl (C=O) groups excluding carboxylic acids is 2. The number of hydrogen-bond donors (Lipinski definition) is 0. The van der Waals surface area contributed by atoms with Gasteiger partial charge in [-0.15, -0.1) is 0 Å². The van der Waals surface area contributed by atoms with E-state index in [0.29, 0.717) is 12.2 Å². The zero-order valence-electron chi connectivity index (χ0n) is 13.1. The molecule has 0 unspecified atom stereocenters. The van der Waals surface area contributed by atoms with E-state index in [0.717, 1.165) is 22.3 Å². The Balaban J connectivity index is 3.21. The van der Waals surface area contributed by atoms with Gasteiger partial charge in [-0.3, -0.25) is 4.79 Å². The maximum absolute atomic E-state index is 12.3. The van der Waals surface area contributed by atoms with E-state index in [-0.39, 0.29) is 5.78 Å². The van der Waals surface area contributed by atoms with Crippen molar-refractivity contribution in [2.24, 2.45) is 0 Å². The lowest BCUT2D eigenvalue weighted by Gasteiger charge is -2.16. The van der Waals surface area contributed by atoms with Crippen LogP contribution in [0.15, 0.2) is 12.2 Å². The first-order valence-corrected chi connectivity index (χ1v) is 6.77. The van der Waals surface area contributed by atoms with Gasteiger partial charge in [0, 0.05) is 11.6 Å². The van der Waals surface area contributed by atoms with E-state index in [2.05, 4.69) is 6.92 Å². The van der Waals surface area contributed by atoms with Crippen LogP contribution in [-0.4, -0.2) is 18.4 Å². The van der Waals surface area contributed by atoms with Gasteiger partial charge in [-0.2, -0.15) is 0 Å². The van der Waals surface area contributed by atoms with Crippen LogP contribution >= 0.6 is 0 Å². The zero-order valence-corrected chi connectivity index (χ0v) is 13.1. The van der Waals surface area contributed by atoms with Crippen LogP contribution in [0.4, 0.5) is 0 Å². The lowest BCUT2D eigenvalue weighted by Crippen LogP contribution is -2.08. The number of esters is 1. The zero-order chi connectivity index (χ0) is 15.4. The van der Waals surface area contributed by atoms with Gasteiger partial charge in [-0.25, -0.2) is 4.79 Å². The Labute approximate surface area is 120 Å². The average molecular weight is 274 g/mol. The van der Waals surface area contributed by atoms with Crippen LogP contribution in [-0.2, 0) is 9.53 Å². The highest BCUT2D eigenvalue weighted by Gasteiger charge is 2.16. The van der Waals surface area contributed by atoms with Crippen molar-refractivity contribution in [3.8, 4) is 0 Å². The maximum Gasteiger partial charge on any atom is 0.330 e. The topological polar surface area (TPSA) is 43.4 Å². The van der Waals surface area contributed by atoms with Crippen LogP contribution in [0.25, 0.3) is 0 Å². The summed E-state index contributed by atoms with van der Waals surface area (Å²) < 4.78 is 4.78. The molecule has 0 spiro atoms. The quantitative estimate of drug-likeness (QED) is 0.479. The molecule has 0 saturated heterocycles. The van der Waals surface area contributed by atoms with Crippen molar-refractivity contribution in [2.45, 2.75) is 41.5 Å². The average Bonchev–Trinajstić information content (AvgIpc) is 2.41. The Bertz CT molecular complexity index is 551. The minimum Gasteiger partial charge on any atom is -0.463 e. The second kappa shape index (κ2) is 6.51. The molecule has 0 N–H and O–H groups in total. The third-order valence-electron chi connectivity index (χ3n) is 3.90. The highest BCUT2D eigenvalue weighted by molar-refractivity contribution is 6.09. The molecule has 0 aliphatic heterocycles. The maximum atomic E-state index is 12.3. The predicted octanol–water partition coefficient (Wildman–Crippen LogP) is 3.53. The molecule has 0 aliphatic carbocycles. The summed E-state index contributed by atoms with van der Waals surface area (Å²) in [5.74, 6) is -0.643. The summed E-state index contributed by atoms with van der Waals surface area (Å²) in [6.45, 7) is 12.0. The van der Waals surface area contributed by atoms with Crippen LogP contribution in [0, 0.1) is 34.6 Å². The molecular weight excluding hydrogens is 252 g/mol. The number of ketones is 1. The second-order valence-electron chi connectivity index (χ2n) is 4.95. The molecular formula is C17H22O3. The van der Waals surface area contributed by atoms with E-state index < -0.39 is 5.97 Å². The molecule has 3 heteroatoms. The Kier molecular flexibility index (Phi) is 5.26. The molecule has 0 amide bonds. The molecule has 0 atom stereocenters. The highest BCUT2D eigenvalue weighted by Crippen LogP contribution is 2.26. The summed E-state index contributed by atoms with van der Waals surface area (Å²) in [6.07, 6.45) is 2.48. The molecule has 1 aromatic rings. The van der Waals surface area contributed by atoms with Gasteiger partial charge in [0.2, 0.25) is 0 Å². The molecule has 0 bridgehead atoms. The normalized spacial score (nSPS) is 10.9. The van der Waals surface area contributed by atoms with Crippen molar-refractivity contribution in [3.05, 3.63) is 45.5 Å². The van der Waals surface area contributed by atoms with Gasteiger partial charge in [-0.05, 0) is 75.4 Å². The fourth-order valence-corrected chi connectivity index (χ4v) is 2.29. The summed E-state index contributed by atoms with van der Waals surface area (Å²) in [4.78, 5) is 23.6. The van der Waals surface area contributed by atoms with Gasteiger partial charge in [-0.1, -0.05) is 0 Å². The second-order valence-corrected chi connectivity index (χ2v) is 4.95. The van der Waals surface area contributed by atoms with Crippen molar-refractivity contribution in [3.63, 3.8) is 0 Å². The van der Waals surface area contributed by atoms with E-state index in [4.69, 9.17) is 4.74 Å². The van der Waals surface area contributed by atoms with Gasteiger partial charge in [0.1, 0.15) is 0 Å². The van der Waals surface area contributed by atoms with Crippen LogP contribution in [0.2, 0.25) is 0 Å². The van der Waals surface area contributed by atoms with E-state index >= 15 is 0 Å². The van der Waals surface area contributed by atoms with Crippen molar-refractivity contribution in [2.75, 3.05) is 6.61 Å². The number of allylic oxidation sites excluding steroid dienone is 1. The first kappa shape index (κ1) is 16.2. The van der Waals surface area contributed by atoms with E-state index in [1.807, 2.05) is 27.7 Å². The Morgan fingerprint density at radius 3 is 1.75 bits per heavy atom. The third-order valence-corrected chi connectivity index (χ3v) is 3.90. The van der Waals surface area contributed by atoms with Crippen molar-refractivity contribution < 1.29 is 14.3 Å². The van der Waals surface area contributed by atoms with E-state index in [9.17, 15) is 9.59 Å². The number of ether oxygens (including phenoxy) is 1. The summed E-state index contributed by atoms with van der Waals surface area (Å²) in [5, 5.41) is 0. The number of benzene rings is 1. The van der Waals surface area contributed by atoms with Gasteiger partial charge in [0.25, 0.3) is 0 Å². The van der Waals surface area contributed by atoms with Crippen LogP contribution < -0.4 is 0 Å². The fourth-order valence-electron chi connectivity index (χ4n) is 2.29. The number of carbonyl (C=O) groups is 2. The number of rotatable bonds is 4. The SMILES string of the molecule is CCOC(=O)/C=C/C(=O)c1c(C)c(C)c(C)c(C)c1C. The molecule has 0 fully saturated rings. The lowest BCUT2D eigenvalue weighted by molar-refractivity contribution is -0.137. The van der Waals surface area contributed by atoms with Crippen molar-refractivity contribution in [1.82, 2.24) is 0 Å². The highest BCUT2D eigenvalue weighted by atomic mass is 16.5. The van der Waals surface area contributed by atoms with Gasteiger partial charge >= 0.3 is 5.97 Å². The van der Waals surface area contributed by atoms with Gasteiger partial charge in [0.15, 0.2) is 5.78 Å². The van der Waals surface area contributed by atoms with Gasteiger partial charge in [0.05, 0.1) is 6.61 Å². The summed E-state index contributed by atoms with van der Waals surface area (Å²) >= 11 is 0. The summed E-state index contributed by atoms with van der Waals surface area (Å²) in [5.41, 5.74) is 6.10. The Hall–Kier alpha value is -1.90. The van der Waals surface area contributed by atoms with Gasteiger partial charge < -0.3 is 4.74 Å². The Morgan fingerprint density at radius 2 is 1.30 bits per heavy atom. The standard InChI is InChI=1S/C17H22O3/c1-7-20-16(19)9-8-15(18)17-13(5)11(3)10(2)12(4)14(17)6/h8-9H,7H2,1-6H3/b9-8+. The van der Waals surface area contributed by atoms with Crippen LogP contribution in [0.3, 0.4) is 0 Å². The van der Waals surface area contributed by atoms with Crippen molar-refractivity contribution in [1.29, 1.82) is 0 Å². The molecule has 0 radical (unpaired) electrons. The fraction of sp³-hybridized carbons (Fsp3) is 0.412. The molecule has 1 rings (SSSR count). The molecule has 0 aromatic heterocycles. The summed E-state index contributed by atoms with van der Waals surface area (Å²) in [6, 6.07) is 0. The first-order valence-electron chi connectivity index (χ1n) is 6.77. The van der Waals surface area contributed by atoms with E-state index in [1.165, 1.54) is 17.7 Å². The molecule has 0 saturated carbocycles. The molecule has 0 aliphatic rings. The minimum atomic E-state index is -0.489. The molecule has 108 valence electrons. The van der Waals surface area contributed by atoms with Crippen molar-refractivity contribution >= 4 is 11.8 Å². The number of hydrogen-bond acceptors (Lipinski definition) is 3. The third kappa shape index (κ3) is 3.16.